The summed E-state index contributed by atoms with van der Waals surface area (Å²) in [5.41, 5.74) is 2.44. The van der Waals surface area contributed by atoms with Gasteiger partial charge in [-0.2, -0.15) is 0 Å². The minimum Gasteiger partial charge on any atom is -0.475 e. The largest absolute Gasteiger partial charge is 0.475 e. The normalized spacial score (nSPS) is 14.6. The van der Waals surface area contributed by atoms with Crippen LogP contribution in [0.1, 0.15) is 40.6 Å². The predicted octanol–water partition coefficient (Wildman–Crippen LogP) is 3.99. The summed E-state index contributed by atoms with van der Waals surface area (Å²) in [4.78, 5) is 15.6. The molecule has 0 amide bonds. The van der Waals surface area contributed by atoms with Crippen molar-refractivity contribution in [1.82, 2.24) is 4.98 Å². The van der Waals surface area contributed by atoms with Crippen LogP contribution in [0.5, 0.6) is 0 Å². The maximum absolute atomic E-state index is 11.2. The van der Waals surface area contributed by atoms with Gasteiger partial charge in [0.25, 0.3) is 0 Å². The molecule has 0 aliphatic heterocycles. The second kappa shape index (κ2) is 4.49. The van der Waals surface area contributed by atoms with Crippen LogP contribution < -0.4 is 0 Å². The molecule has 1 saturated carbocycles. The number of nitrogens with zero attached hydrogens (tertiary/aromatic N) is 1. The highest BCUT2D eigenvalue weighted by Crippen LogP contribution is 2.42. The first-order chi connectivity index (χ1) is 9.06. The monoisotopic (exact) mass is 321 g/mol. The number of aromatic carboxylic acids is 1. The Morgan fingerprint density at radius 1 is 1.47 bits per heavy atom. The minimum atomic E-state index is -1.05. The van der Waals surface area contributed by atoms with Gasteiger partial charge in [-0.05, 0) is 43.5 Å². The highest BCUT2D eigenvalue weighted by atomic mass is 79.9. The Morgan fingerprint density at radius 3 is 2.79 bits per heavy atom. The van der Waals surface area contributed by atoms with Crippen LogP contribution in [-0.4, -0.2) is 16.1 Å². The SMILES string of the molecule is Cc1cc(-c2nc(C3CC3)c(C(=O)O)o2)ccc1Br. The number of hydrogen-bond acceptors (Lipinski definition) is 3. The molecular formula is C14H12BrNO3. The zero-order valence-electron chi connectivity index (χ0n) is 10.3. The molecule has 4 nitrogen and oxygen atoms in total. The molecule has 1 aliphatic rings. The summed E-state index contributed by atoms with van der Waals surface area (Å²) >= 11 is 3.43. The van der Waals surface area contributed by atoms with Gasteiger partial charge in [-0.3, -0.25) is 0 Å². The van der Waals surface area contributed by atoms with Crippen molar-refractivity contribution >= 4 is 21.9 Å². The Kier molecular flexibility index (Phi) is 2.93. The lowest BCUT2D eigenvalue weighted by atomic mass is 10.1. The zero-order chi connectivity index (χ0) is 13.6. The summed E-state index contributed by atoms with van der Waals surface area (Å²) in [5.74, 6) is -0.428. The van der Waals surface area contributed by atoms with Crippen molar-refractivity contribution in [2.24, 2.45) is 0 Å². The van der Waals surface area contributed by atoms with Crippen molar-refractivity contribution < 1.29 is 14.3 Å². The highest BCUT2D eigenvalue weighted by molar-refractivity contribution is 9.10. The Balaban J connectivity index is 2.07. The number of hydrogen-bond donors (Lipinski definition) is 1. The van der Waals surface area contributed by atoms with E-state index < -0.39 is 5.97 Å². The summed E-state index contributed by atoms with van der Waals surface area (Å²) in [7, 11) is 0. The molecule has 0 bridgehead atoms. The quantitative estimate of drug-likeness (QED) is 0.928. The highest BCUT2D eigenvalue weighted by Gasteiger charge is 2.33. The van der Waals surface area contributed by atoms with Crippen LogP contribution >= 0.6 is 15.9 Å². The van der Waals surface area contributed by atoms with E-state index in [1.807, 2.05) is 25.1 Å². The molecule has 0 unspecified atom stereocenters. The lowest BCUT2D eigenvalue weighted by Crippen LogP contribution is -1.98. The van der Waals surface area contributed by atoms with Crippen LogP contribution in [0, 0.1) is 6.92 Å². The molecule has 0 saturated heterocycles. The predicted molar refractivity (Wildman–Crippen MR) is 73.3 cm³/mol. The van der Waals surface area contributed by atoms with Gasteiger partial charge in [-0.1, -0.05) is 15.9 Å². The first-order valence-corrected chi connectivity index (χ1v) is 6.86. The first kappa shape index (κ1) is 12.4. The Bertz CT molecular complexity index is 659. The summed E-state index contributed by atoms with van der Waals surface area (Å²) in [6.07, 6.45) is 1.98. The second-order valence-corrected chi connectivity index (χ2v) is 5.63. The fraction of sp³-hybridized carbons (Fsp3) is 0.286. The van der Waals surface area contributed by atoms with Crippen molar-refractivity contribution in [3.63, 3.8) is 0 Å². The van der Waals surface area contributed by atoms with Gasteiger partial charge in [-0.25, -0.2) is 9.78 Å². The molecule has 1 fully saturated rings. The molecule has 1 N–H and O–H groups in total. The number of aryl methyl sites for hydroxylation is 1. The van der Waals surface area contributed by atoms with Gasteiger partial charge in [0, 0.05) is 16.0 Å². The van der Waals surface area contributed by atoms with Gasteiger partial charge in [0.1, 0.15) is 0 Å². The van der Waals surface area contributed by atoms with Gasteiger partial charge in [0.2, 0.25) is 11.7 Å². The summed E-state index contributed by atoms with van der Waals surface area (Å²) in [6, 6.07) is 5.70. The van der Waals surface area contributed by atoms with Crippen LogP contribution in [0.2, 0.25) is 0 Å². The zero-order valence-corrected chi connectivity index (χ0v) is 11.9. The number of halogens is 1. The number of rotatable bonds is 3. The number of carbonyl (C=O) groups is 1. The average Bonchev–Trinajstić information content (AvgIpc) is 3.11. The molecule has 2 aromatic rings. The van der Waals surface area contributed by atoms with Gasteiger partial charge < -0.3 is 9.52 Å². The van der Waals surface area contributed by atoms with E-state index in [1.165, 1.54) is 0 Å². The van der Waals surface area contributed by atoms with E-state index in [0.717, 1.165) is 28.4 Å². The molecule has 0 spiro atoms. The van der Waals surface area contributed by atoms with Crippen LogP contribution in [-0.2, 0) is 0 Å². The van der Waals surface area contributed by atoms with E-state index >= 15 is 0 Å². The third-order valence-corrected chi connectivity index (χ3v) is 4.11. The molecule has 98 valence electrons. The molecule has 5 heteroatoms. The Hall–Kier alpha value is -1.62. The van der Waals surface area contributed by atoms with Crippen LogP contribution in [0.25, 0.3) is 11.5 Å². The van der Waals surface area contributed by atoms with Crippen LogP contribution in [0.4, 0.5) is 0 Å². The molecule has 0 radical (unpaired) electrons. The van der Waals surface area contributed by atoms with Gasteiger partial charge >= 0.3 is 5.97 Å². The number of carboxylic acids is 1. The number of carboxylic acid groups (broad SMARTS) is 1. The third-order valence-electron chi connectivity index (χ3n) is 3.22. The van der Waals surface area contributed by atoms with E-state index in [2.05, 4.69) is 20.9 Å². The second-order valence-electron chi connectivity index (χ2n) is 4.78. The van der Waals surface area contributed by atoms with Crippen LogP contribution in [0.15, 0.2) is 27.1 Å². The van der Waals surface area contributed by atoms with E-state index in [1.54, 1.807) is 0 Å². The molecular weight excluding hydrogens is 310 g/mol. The summed E-state index contributed by atoms with van der Waals surface area (Å²) < 4.78 is 6.44. The Morgan fingerprint density at radius 2 is 2.21 bits per heavy atom. The maximum atomic E-state index is 11.2. The Labute approximate surface area is 118 Å². The van der Waals surface area contributed by atoms with Gasteiger partial charge in [0.05, 0.1) is 5.69 Å². The van der Waals surface area contributed by atoms with Crippen molar-refractivity contribution in [3.8, 4) is 11.5 Å². The number of aromatic nitrogens is 1. The fourth-order valence-corrected chi connectivity index (χ4v) is 2.27. The standard InChI is InChI=1S/C14H12BrNO3/c1-7-6-9(4-5-10(7)15)13-16-11(8-2-3-8)12(19-13)14(17)18/h4-6,8H,2-3H2,1H3,(H,17,18). The van der Waals surface area contributed by atoms with Gasteiger partial charge in [0.15, 0.2) is 0 Å². The lowest BCUT2D eigenvalue weighted by molar-refractivity contribution is 0.0661. The third kappa shape index (κ3) is 2.30. The average molecular weight is 322 g/mol. The molecule has 1 aromatic carbocycles. The minimum absolute atomic E-state index is 0.0157. The van der Waals surface area contributed by atoms with E-state index in [0.29, 0.717) is 11.6 Å². The number of benzene rings is 1. The van der Waals surface area contributed by atoms with Crippen molar-refractivity contribution in [1.29, 1.82) is 0 Å². The van der Waals surface area contributed by atoms with Crippen molar-refractivity contribution in [2.45, 2.75) is 25.7 Å². The topological polar surface area (TPSA) is 63.3 Å². The molecule has 3 rings (SSSR count). The number of oxazole rings is 1. The molecule has 0 atom stereocenters. The van der Waals surface area contributed by atoms with E-state index in [9.17, 15) is 4.79 Å². The molecule has 1 aromatic heterocycles. The molecule has 19 heavy (non-hydrogen) atoms. The van der Waals surface area contributed by atoms with E-state index in [-0.39, 0.29) is 11.7 Å². The summed E-state index contributed by atoms with van der Waals surface area (Å²) in [6.45, 7) is 1.97. The maximum Gasteiger partial charge on any atom is 0.373 e. The van der Waals surface area contributed by atoms with Crippen molar-refractivity contribution in [2.75, 3.05) is 0 Å². The first-order valence-electron chi connectivity index (χ1n) is 6.07. The van der Waals surface area contributed by atoms with Gasteiger partial charge in [-0.15, -0.1) is 0 Å². The van der Waals surface area contributed by atoms with Crippen molar-refractivity contribution in [3.05, 3.63) is 39.7 Å². The smallest absolute Gasteiger partial charge is 0.373 e. The van der Waals surface area contributed by atoms with E-state index in [4.69, 9.17) is 9.52 Å². The molecule has 1 aliphatic carbocycles. The lowest BCUT2D eigenvalue weighted by Gasteiger charge is -2.00. The van der Waals surface area contributed by atoms with Crippen LogP contribution in [0.3, 0.4) is 0 Å². The summed E-state index contributed by atoms with van der Waals surface area (Å²) in [5, 5.41) is 9.16. The molecule has 1 heterocycles. The fourth-order valence-electron chi connectivity index (χ4n) is 2.02.